The molecule has 1 fully saturated rings. The Morgan fingerprint density at radius 2 is 1.96 bits per heavy atom. The maximum Gasteiger partial charge on any atom is 0.251 e. The summed E-state index contributed by atoms with van der Waals surface area (Å²) in [6, 6.07) is 5.56. The first kappa shape index (κ1) is 17.7. The van der Waals surface area contributed by atoms with Crippen LogP contribution < -0.4 is 10.6 Å². The minimum absolute atomic E-state index is 0.0131. The average Bonchev–Trinajstić information content (AvgIpc) is 2.65. The molecule has 1 saturated heterocycles. The third-order valence-electron chi connectivity index (χ3n) is 4.92. The monoisotopic (exact) mass is 342 g/mol. The van der Waals surface area contributed by atoms with Gasteiger partial charge in [-0.05, 0) is 56.7 Å². The summed E-state index contributed by atoms with van der Waals surface area (Å²) in [4.78, 5) is 24.9. The molecular weight excluding hydrogens is 316 g/mol. The van der Waals surface area contributed by atoms with Gasteiger partial charge in [-0.3, -0.25) is 9.59 Å². The molecule has 2 aliphatic rings. The Morgan fingerprint density at radius 1 is 1.16 bits per heavy atom. The van der Waals surface area contributed by atoms with Crippen molar-refractivity contribution in [1.29, 1.82) is 0 Å². The predicted octanol–water partition coefficient (Wildman–Crippen LogP) is 3.20. The molecule has 3 rings (SSSR count). The SMILES string of the molecule is Cc1ccc(C(=O)NC2C=CCCC2)cc1NC(=O)C1CCOCC1. The zero-order valence-corrected chi connectivity index (χ0v) is 14.7. The number of anilines is 1. The van der Waals surface area contributed by atoms with Crippen molar-refractivity contribution in [3.63, 3.8) is 0 Å². The van der Waals surface area contributed by atoms with E-state index in [1.54, 1.807) is 12.1 Å². The molecule has 2 N–H and O–H groups in total. The highest BCUT2D eigenvalue weighted by atomic mass is 16.5. The van der Waals surface area contributed by atoms with Gasteiger partial charge in [0.25, 0.3) is 5.91 Å². The fourth-order valence-electron chi connectivity index (χ4n) is 3.28. The first-order valence-corrected chi connectivity index (χ1v) is 9.10. The lowest BCUT2D eigenvalue weighted by molar-refractivity contribution is -0.122. The van der Waals surface area contributed by atoms with E-state index in [0.717, 1.165) is 37.7 Å². The Bertz CT molecular complexity index is 663. The lowest BCUT2D eigenvalue weighted by Crippen LogP contribution is -2.34. The summed E-state index contributed by atoms with van der Waals surface area (Å²) in [5, 5.41) is 6.03. The second kappa shape index (κ2) is 8.30. The molecule has 1 aromatic rings. The van der Waals surface area contributed by atoms with E-state index >= 15 is 0 Å². The van der Waals surface area contributed by atoms with Crippen LogP contribution in [0.2, 0.25) is 0 Å². The van der Waals surface area contributed by atoms with Gasteiger partial charge < -0.3 is 15.4 Å². The quantitative estimate of drug-likeness (QED) is 0.826. The van der Waals surface area contributed by atoms with Gasteiger partial charge in [0, 0.05) is 36.4 Å². The van der Waals surface area contributed by atoms with Crippen LogP contribution in [0, 0.1) is 12.8 Å². The van der Waals surface area contributed by atoms with Crippen molar-refractivity contribution in [2.75, 3.05) is 18.5 Å². The number of rotatable bonds is 4. The molecule has 1 aromatic carbocycles. The van der Waals surface area contributed by atoms with Gasteiger partial charge in [-0.15, -0.1) is 0 Å². The van der Waals surface area contributed by atoms with Gasteiger partial charge >= 0.3 is 0 Å². The Labute approximate surface area is 148 Å². The van der Waals surface area contributed by atoms with Gasteiger partial charge in [0.1, 0.15) is 0 Å². The van der Waals surface area contributed by atoms with E-state index in [1.165, 1.54) is 0 Å². The fraction of sp³-hybridized carbons (Fsp3) is 0.500. The van der Waals surface area contributed by atoms with Gasteiger partial charge in [-0.2, -0.15) is 0 Å². The van der Waals surface area contributed by atoms with Crippen molar-refractivity contribution >= 4 is 17.5 Å². The first-order valence-electron chi connectivity index (χ1n) is 9.10. The van der Waals surface area contributed by atoms with Crippen LogP contribution in [0.1, 0.15) is 48.0 Å². The van der Waals surface area contributed by atoms with Gasteiger partial charge in [0.2, 0.25) is 5.91 Å². The van der Waals surface area contributed by atoms with Gasteiger partial charge in [0.15, 0.2) is 0 Å². The number of carbonyl (C=O) groups excluding carboxylic acids is 2. The normalized spacial score (nSPS) is 20.9. The van der Waals surface area contributed by atoms with E-state index in [0.29, 0.717) is 24.5 Å². The lowest BCUT2D eigenvalue weighted by Gasteiger charge is -2.22. The van der Waals surface area contributed by atoms with Crippen LogP contribution >= 0.6 is 0 Å². The molecule has 0 saturated carbocycles. The van der Waals surface area contributed by atoms with Crippen molar-refractivity contribution < 1.29 is 14.3 Å². The fourth-order valence-corrected chi connectivity index (χ4v) is 3.28. The highest BCUT2D eigenvalue weighted by Crippen LogP contribution is 2.21. The van der Waals surface area contributed by atoms with E-state index in [4.69, 9.17) is 4.74 Å². The standard InChI is InChI=1S/C20H26N2O3/c1-14-7-8-16(20(24)21-17-5-3-2-4-6-17)13-18(14)22-19(23)15-9-11-25-12-10-15/h3,5,7-8,13,15,17H,2,4,6,9-12H2,1H3,(H,21,24)(H,22,23). The number of benzene rings is 1. The molecule has 5 heteroatoms. The Balaban J connectivity index is 1.66. The molecule has 134 valence electrons. The topological polar surface area (TPSA) is 67.4 Å². The molecule has 0 aromatic heterocycles. The summed E-state index contributed by atoms with van der Waals surface area (Å²) in [5.41, 5.74) is 2.24. The van der Waals surface area contributed by atoms with Crippen LogP contribution in [0.3, 0.4) is 0 Å². The van der Waals surface area contributed by atoms with E-state index in [-0.39, 0.29) is 23.8 Å². The molecule has 2 amide bonds. The predicted molar refractivity (Wildman–Crippen MR) is 97.6 cm³/mol. The third-order valence-corrected chi connectivity index (χ3v) is 4.92. The Hall–Kier alpha value is -2.14. The number of allylic oxidation sites excluding steroid dienone is 1. The van der Waals surface area contributed by atoms with Crippen molar-refractivity contribution in [2.45, 2.75) is 45.1 Å². The Morgan fingerprint density at radius 3 is 2.68 bits per heavy atom. The molecule has 0 bridgehead atoms. The maximum absolute atomic E-state index is 12.5. The van der Waals surface area contributed by atoms with Crippen molar-refractivity contribution in [1.82, 2.24) is 5.32 Å². The molecular formula is C20H26N2O3. The van der Waals surface area contributed by atoms with E-state index in [1.807, 2.05) is 13.0 Å². The van der Waals surface area contributed by atoms with Crippen LogP contribution in [-0.4, -0.2) is 31.1 Å². The Kier molecular flexibility index (Phi) is 5.87. The molecule has 1 atom stereocenters. The second-order valence-electron chi connectivity index (χ2n) is 6.84. The first-order chi connectivity index (χ1) is 12.1. The molecule has 1 unspecified atom stereocenters. The summed E-state index contributed by atoms with van der Waals surface area (Å²) in [7, 11) is 0. The zero-order valence-electron chi connectivity index (χ0n) is 14.7. The lowest BCUT2D eigenvalue weighted by atomic mass is 9.99. The summed E-state index contributed by atoms with van der Waals surface area (Å²) >= 11 is 0. The smallest absolute Gasteiger partial charge is 0.251 e. The van der Waals surface area contributed by atoms with Crippen molar-refractivity contribution in [2.24, 2.45) is 5.92 Å². The molecule has 0 spiro atoms. The molecule has 25 heavy (non-hydrogen) atoms. The van der Waals surface area contributed by atoms with Gasteiger partial charge in [-0.1, -0.05) is 18.2 Å². The van der Waals surface area contributed by atoms with E-state index in [2.05, 4.69) is 22.8 Å². The van der Waals surface area contributed by atoms with Crippen molar-refractivity contribution in [3.05, 3.63) is 41.5 Å². The number of aryl methyl sites for hydroxylation is 1. The minimum atomic E-state index is -0.0990. The summed E-state index contributed by atoms with van der Waals surface area (Å²) in [6.45, 7) is 3.20. The number of hydrogen-bond donors (Lipinski definition) is 2. The highest BCUT2D eigenvalue weighted by Gasteiger charge is 2.22. The van der Waals surface area contributed by atoms with E-state index in [9.17, 15) is 9.59 Å². The summed E-state index contributed by atoms with van der Waals surface area (Å²) < 4.78 is 5.31. The average molecular weight is 342 g/mol. The van der Waals surface area contributed by atoms with E-state index < -0.39 is 0 Å². The van der Waals surface area contributed by atoms with Crippen molar-refractivity contribution in [3.8, 4) is 0 Å². The molecule has 1 aliphatic heterocycles. The minimum Gasteiger partial charge on any atom is -0.381 e. The molecule has 1 heterocycles. The molecule has 5 nitrogen and oxygen atoms in total. The molecule has 1 aliphatic carbocycles. The number of carbonyl (C=O) groups is 2. The third kappa shape index (κ3) is 4.69. The zero-order chi connectivity index (χ0) is 17.6. The van der Waals surface area contributed by atoms with Crippen LogP contribution in [0.15, 0.2) is 30.4 Å². The maximum atomic E-state index is 12.5. The van der Waals surface area contributed by atoms with Crippen LogP contribution in [0.5, 0.6) is 0 Å². The second-order valence-corrected chi connectivity index (χ2v) is 6.84. The number of nitrogens with one attached hydrogen (secondary N) is 2. The number of hydrogen-bond acceptors (Lipinski definition) is 3. The molecule has 0 radical (unpaired) electrons. The van der Waals surface area contributed by atoms with Crippen LogP contribution in [-0.2, 0) is 9.53 Å². The number of amides is 2. The largest absolute Gasteiger partial charge is 0.381 e. The highest BCUT2D eigenvalue weighted by molar-refractivity contribution is 5.98. The summed E-state index contributed by atoms with van der Waals surface area (Å²) in [6.07, 6.45) is 8.83. The number of ether oxygens (including phenoxy) is 1. The van der Waals surface area contributed by atoms with Gasteiger partial charge in [-0.25, -0.2) is 0 Å². The van der Waals surface area contributed by atoms with Crippen LogP contribution in [0.4, 0.5) is 5.69 Å². The summed E-state index contributed by atoms with van der Waals surface area (Å²) in [5.74, 6) is -0.102. The van der Waals surface area contributed by atoms with Gasteiger partial charge in [0.05, 0.1) is 0 Å². The van der Waals surface area contributed by atoms with Crippen LogP contribution in [0.25, 0.3) is 0 Å².